The van der Waals surface area contributed by atoms with Crippen molar-refractivity contribution in [2.75, 3.05) is 7.11 Å². The monoisotopic (exact) mass is 538 g/mol. The molecule has 0 aliphatic heterocycles. The van der Waals surface area contributed by atoms with Gasteiger partial charge in [0, 0.05) is 54.3 Å². The fraction of sp³-hybridized carbons (Fsp3) is 0.286. The summed E-state index contributed by atoms with van der Waals surface area (Å²) in [5, 5.41) is 11.1. The molecule has 2 heterocycles. The van der Waals surface area contributed by atoms with E-state index in [0.29, 0.717) is 37.2 Å². The number of carbonyl (C=O) groups excluding carboxylic acids is 1. The highest BCUT2D eigenvalue weighted by Crippen LogP contribution is 2.41. The first-order chi connectivity index (χ1) is 18.3. The van der Waals surface area contributed by atoms with Crippen molar-refractivity contribution in [2.45, 2.75) is 44.8 Å². The highest BCUT2D eigenvalue weighted by molar-refractivity contribution is 7.78. The van der Waals surface area contributed by atoms with Gasteiger partial charge >= 0.3 is 17.2 Å². The molecule has 10 heteroatoms. The number of rotatable bonds is 8. The molecular formula is C28H29FN3O5S+. The zero-order chi connectivity index (χ0) is 26.9. The Kier molecular flexibility index (Phi) is 7.29. The Morgan fingerprint density at radius 1 is 1.21 bits per heavy atom. The van der Waals surface area contributed by atoms with Gasteiger partial charge in [-0.2, -0.15) is 8.10 Å². The molecule has 0 radical (unpaired) electrons. The van der Waals surface area contributed by atoms with Crippen molar-refractivity contribution in [1.82, 2.24) is 13.4 Å². The number of fused-ring (bicyclic) bond motifs is 3. The summed E-state index contributed by atoms with van der Waals surface area (Å²) in [6, 6.07) is 16.0. The summed E-state index contributed by atoms with van der Waals surface area (Å²) >= 11 is -2.38. The predicted molar refractivity (Wildman–Crippen MR) is 143 cm³/mol. The number of methoxy groups -OCH3 is 1. The predicted octanol–water partition coefficient (Wildman–Crippen LogP) is 4.65. The van der Waals surface area contributed by atoms with E-state index < -0.39 is 17.1 Å². The van der Waals surface area contributed by atoms with Crippen LogP contribution in [0.5, 0.6) is 5.75 Å². The second-order valence-corrected chi connectivity index (χ2v) is 10.6. The van der Waals surface area contributed by atoms with Crippen LogP contribution in [0.2, 0.25) is 0 Å². The normalized spacial score (nSPS) is 17.5. The Morgan fingerprint density at radius 3 is 2.68 bits per heavy atom. The topological polar surface area (TPSA) is 102 Å². The van der Waals surface area contributed by atoms with E-state index in [1.54, 1.807) is 36.5 Å². The Hall–Kier alpha value is -3.60. The van der Waals surface area contributed by atoms with Crippen LogP contribution >= 0.6 is 0 Å². The van der Waals surface area contributed by atoms with Gasteiger partial charge in [0.2, 0.25) is 0 Å². The second-order valence-electron chi connectivity index (χ2n) is 9.48. The Labute approximate surface area is 222 Å². The summed E-state index contributed by atoms with van der Waals surface area (Å²) in [6.07, 6.45) is 3.46. The number of esters is 1. The van der Waals surface area contributed by atoms with Gasteiger partial charge in [0.15, 0.2) is 0 Å². The van der Waals surface area contributed by atoms with Crippen LogP contribution in [0.1, 0.15) is 29.8 Å². The van der Waals surface area contributed by atoms with Crippen LogP contribution in [0.25, 0.3) is 10.9 Å². The van der Waals surface area contributed by atoms with Gasteiger partial charge in [-0.1, -0.05) is 6.07 Å². The average molecular weight is 539 g/mol. The summed E-state index contributed by atoms with van der Waals surface area (Å²) < 4.78 is 44.7. The first-order valence-electron chi connectivity index (χ1n) is 12.4. The van der Waals surface area contributed by atoms with Crippen LogP contribution in [-0.4, -0.2) is 42.5 Å². The fourth-order valence-corrected chi connectivity index (χ4v) is 6.65. The number of benzene rings is 2. The smallest absolute Gasteiger partial charge is 0.364 e. The molecular weight excluding hydrogens is 509 g/mol. The van der Waals surface area contributed by atoms with Crippen molar-refractivity contribution in [3.05, 3.63) is 89.6 Å². The lowest BCUT2D eigenvalue weighted by molar-refractivity contribution is -0.140. The van der Waals surface area contributed by atoms with Gasteiger partial charge in [-0.05, 0) is 54.4 Å². The standard InChI is InChI=1S/C28H28FN3O5S/c1-37-28(34)13-15-31-26-11-9-22(16-24(26)25-17-23(33)10-12-27(25)31)32(38(35)36,18-20-4-2-3-14-30-20)21-7-5-19(29)6-8-21/h2-8,10,12,14,17,22H,9,11,13,15-16,18H2,1H3,(H-,33,35,36)/p+1. The number of nitrogens with zero attached hydrogens (tertiary/aromatic N) is 3. The van der Waals surface area contributed by atoms with Crippen LogP contribution < -0.4 is 3.89 Å². The van der Waals surface area contributed by atoms with Crippen LogP contribution in [-0.2, 0) is 46.7 Å². The van der Waals surface area contributed by atoms with Gasteiger partial charge in [-0.25, -0.2) is 4.39 Å². The molecule has 198 valence electrons. The number of halogens is 1. The minimum atomic E-state index is -2.38. The molecule has 5 rings (SSSR count). The number of aromatic hydroxyl groups is 1. The maximum absolute atomic E-state index is 13.9. The van der Waals surface area contributed by atoms with Gasteiger partial charge in [0.1, 0.15) is 29.8 Å². The van der Waals surface area contributed by atoms with Crippen LogP contribution in [0, 0.1) is 5.82 Å². The summed E-state index contributed by atoms with van der Waals surface area (Å²) in [4.78, 5) is 16.3. The van der Waals surface area contributed by atoms with E-state index >= 15 is 0 Å². The van der Waals surface area contributed by atoms with E-state index in [1.807, 2.05) is 18.2 Å². The van der Waals surface area contributed by atoms with Gasteiger partial charge in [0.25, 0.3) is 0 Å². The molecule has 0 fully saturated rings. The van der Waals surface area contributed by atoms with E-state index in [2.05, 4.69) is 9.55 Å². The maximum atomic E-state index is 13.9. The highest BCUT2D eigenvalue weighted by atomic mass is 32.2. The molecule has 8 nitrogen and oxygen atoms in total. The molecule has 2 aromatic carbocycles. The molecule has 0 amide bonds. The number of ether oxygens (including phenoxy) is 1. The van der Waals surface area contributed by atoms with Gasteiger partial charge < -0.3 is 14.4 Å². The molecule has 2 aromatic heterocycles. The summed E-state index contributed by atoms with van der Waals surface area (Å²) in [5.41, 5.74) is 4.04. The number of aromatic nitrogens is 2. The molecule has 3 unspecified atom stereocenters. The number of pyridine rings is 1. The third-order valence-corrected chi connectivity index (χ3v) is 8.64. The lowest BCUT2D eigenvalue weighted by Crippen LogP contribution is -2.59. The van der Waals surface area contributed by atoms with Crippen LogP contribution in [0.3, 0.4) is 0 Å². The van der Waals surface area contributed by atoms with Gasteiger partial charge in [-0.15, -0.1) is 0 Å². The number of hydrogen-bond acceptors (Lipinski definition) is 5. The molecule has 0 saturated carbocycles. The fourth-order valence-electron chi connectivity index (χ4n) is 5.67. The average Bonchev–Trinajstić information content (AvgIpc) is 3.23. The van der Waals surface area contributed by atoms with Crippen LogP contribution in [0.4, 0.5) is 10.1 Å². The van der Waals surface area contributed by atoms with E-state index in [-0.39, 0.29) is 34.6 Å². The van der Waals surface area contributed by atoms with Gasteiger partial charge in [-0.3, -0.25) is 14.3 Å². The molecule has 4 aromatic rings. The molecule has 3 atom stereocenters. The van der Waals surface area contributed by atoms with Crippen molar-refractivity contribution < 1.29 is 27.8 Å². The first kappa shape index (κ1) is 26.0. The number of carbonyl (C=O) groups is 1. The van der Waals surface area contributed by atoms with E-state index in [4.69, 9.17) is 4.74 Å². The van der Waals surface area contributed by atoms with Crippen molar-refractivity contribution in [3.63, 3.8) is 0 Å². The molecule has 38 heavy (non-hydrogen) atoms. The number of aryl methyl sites for hydroxylation is 1. The third kappa shape index (κ3) is 4.70. The minimum Gasteiger partial charge on any atom is -0.508 e. The molecule has 2 N–H and O–H groups in total. The maximum Gasteiger partial charge on any atom is 0.364 e. The van der Waals surface area contributed by atoms with Crippen molar-refractivity contribution in [1.29, 1.82) is 0 Å². The Morgan fingerprint density at radius 2 is 2.00 bits per heavy atom. The zero-order valence-corrected chi connectivity index (χ0v) is 21.7. The number of quaternary nitrogens is 1. The van der Waals surface area contributed by atoms with Gasteiger partial charge in [0.05, 0.1) is 19.2 Å². The summed E-state index contributed by atoms with van der Waals surface area (Å²) in [7, 11) is 1.36. The Bertz CT molecular complexity index is 1490. The van der Waals surface area contributed by atoms with E-state index in [1.165, 1.54) is 19.2 Å². The third-order valence-electron chi connectivity index (χ3n) is 7.45. The number of hydrogen-bond donors (Lipinski definition) is 2. The molecule has 1 aliphatic carbocycles. The van der Waals surface area contributed by atoms with Crippen LogP contribution in [0.15, 0.2) is 66.9 Å². The quantitative estimate of drug-likeness (QED) is 0.193. The van der Waals surface area contributed by atoms with E-state index in [0.717, 1.165) is 22.2 Å². The SMILES string of the molecule is COC(=O)CCn1c2c(c3cc(O)ccc31)CC([N+](Cc1ccccn1)(c1ccc(F)cc1)S(=O)O)CC2. The van der Waals surface area contributed by atoms with Crippen molar-refractivity contribution in [3.8, 4) is 5.75 Å². The molecule has 0 spiro atoms. The summed E-state index contributed by atoms with van der Waals surface area (Å²) in [6.45, 7) is 0.563. The number of phenolic OH excluding ortho intramolecular Hbond substituents is 1. The second kappa shape index (κ2) is 10.6. The molecule has 0 saturated heterocycles. The largest absolute Gasteiger partial charge is 0.508 e. The number of phenols is 1. The van der Waals surface area contributed by atoms with Crippen molar-refractivity contribution >= 4 is 33.8 Å². The molecule has 0 bridgehead atoms. The zero-order valence-electron chi connectivity index (χ0n) is 20.9. The van der Waals surface area contributed by atoms with Crippen molar-refractivity contribution in [2.24, 2.45) is 0 Å². The Balaban J connectivity index is 1.63. The molecule has 1 aliphatic rings. The minimum absolute atomic E-state index is 0.117. The highest BCUT2D eigenvalue weighted by Gasteiger charge is 2.48. The lowest BCUT2D eigenvalue weighted by Gasteiger charge is -2.41. The van der Waals surface area contributed by atoms with E-state index in [9.17, 15) is 23.1 Å². The lowest BCUT2D eigenvalue weighted by atomic mass is 9.89. The summed E-state index contributed by atoms with van der Waals surface area (Å²) in [5.74, 6) is -0.624. The first-order valence-corrected chi connectivity index (χ1v) is 13.4.